The van der Waals surface area contributed by atoms with Gasteiger partial charge in [-0.25, -0.2) is 9.59 Å². The quantitative estimate of drug-likeness (QED) is 0.446. The molecule has 0 bridgehead atoms. The van der Waals surface area contributed by atoms with Crippen LogP contribution in [0.25, 0.3) is 11.1 Å². The molecule has 184 valence electrons. The van der Waals surface area contributed by atoms with Crippen molar-refractivity contribution in [1.82, 2.24) is 10.6 Å². The van der Waals surface area contributed by atoms with Crippen LogP contribution in [0, 0.1) is 5.41 Å². The van der Waals surface area contributed by atoms with Crippen LogP contribution in [0.3, 0.4) is 0 Å². The van der Waals surface area contributed by atoms with Gasteiger partial charge in [0.1, 0.15) is 12.6 Å². The molecule has 1 fully saturated rings. The predicted octanol–water partition coefficient (Wildman–Crippen LogP) is 2.83. The molecule has 9 heteroatoms. The zero-order chi connectivity index (χ0) is 25.0. The molecule has 0 saturated heterocycles. The first kappa shape index (κ1) is 24.3. The molecule has 1 saturated carbocycles. The molecular formula is C26H28N2O7. The van der Waals surface area contributed by atoms with Gasteiger partial charge in [-0.2, -0.15) is 0 Å². The van der Waals surface area contributed by atoms with Crippen molar-refractivity contribution in [3.63, 3.8) is 0 Å². The highest BCUT2D eigenvalue weighted by Gasteiger charge is 2.50. The molecule has 0 heterocycles. The van der Waals surface area contributed by atoms with E-state index in [4.69, 9.17) is 4.74 Å². The first-order valence-electron chi connectivity index (χ1n) is 11.5. The first-order valence-corrected chi connectivity index (χ1v) is 11.5. The van der Waals surface area contributed by atoms with Gasteiger partial charge in [-0.15, -0.1) is 0 Å². The van der Waals surface area contributed by atoms with E-state index in [2.05, 4.69) is 27.5 Å². The van der Waals surface area contributed by atoms with Crippen LogP contribution in [0.5, 0.6) is 0 Å². The Kier molecular flexibility index (Phi) is 7.04. The molecule has 4 rings (SSSR count). The highest BCUT2D eigenvalue weighted by Crippen LogP contribution is 2.46. The van der Waals surface area contributed by atoms with Gasteiger partial charge < -0.3 is 25.2 Å². The van der Waals surface area contributed by atoms with Crippen molar-refractivity contribution in [2.24, 2.45) is 5.41 Å². The van der Waals surface area contributed by atoms with E-state index >= 15 is 0 Å². The fourth-order valence-corrected chi connectivity index (χ4v) is 4.46. The number of hydrogen-bond donors (Lipinski definition) is 3. The van der Waals surface area contributed by atoms with Crippen molar-refractivity contribution in [2.45, 2.75) is 37.6 Å². The Morgan fingerprint density at radius 3 is 2.17 bits per heavy atom. The number of alkyl carbamates (subject to hydrolysis) is 1. The minimum atomic E-state index is -1.23. The van der Waals surface area contributed by atoms with Crippen LogP contribution in [0.4, 0.5) is 4.79 Å². The topological polar surface area (TPSA) is 131 Å². The molecule has 3 N–H and O–H groups in total. The van der Waals surface area contributed by atoms with Crippen molar-refractivity contribution in [2.75, 3.05) is 20.3 Å². The Morgan fingerprint density at radius 2 is 1.63 bits per heavy atom. The number of methoxy groups -OCH3 is 1. The van der Waals surface area contributed by atoms with Gasteiger partial charge in [-0.3, -0.25) is 9.59 Å². The van der Waals surface area contributed by atoms with Gasteiger partial charge in [0.05, 0.1) is 12.5 Å². The maximum atomic E-state index is 12.7. The summed E-state index contributed by atoms with van der Waals surface area (Å²) in [5.74, 6) is -2.32. The van der Waals surface area contributed by atoms with Crippen LogP contribution in [0.15, 0.2) is 48.5 Å². The smallest absolute Gasteiger partial charge is 0.407 e. The lowest BCUT2D eigenvalue weighted by atomic mass is 9.98. The Hall–Kier alpha value is -3.88. The number of amides is 2. The number of hydrogen-bond acceptors (Lipinski definition) is 6. The van der Waals surface area contributed by atoms with Crippen molar-refractivity contribution in [3.05, 3.63) is 59.7 Å². The van der Waals surface area contributed by atoms with Gasteiger partial charge in [0, 0.05) is 18.9 Å². The van der Waals surface area contributed by atoms with E-state index in [0.717, 1.165) is 22.3 Å². The fourth-order valence-electron chi connectivity index (χ4n) is 4.46. The standard InChI is InChI=1S/C26H28N2O7/c1-34-22(29)11-10-21(23(30)31)28-24(32)26(12-13-26)15-27-25(33)35-14-20-18-8-4-2-6-16(18)17-7-3-5-9-19(17)20/h2-9,20-21H,10-15H2,1H3,(H,27,33)(H,28,32)(H,30,31). The fraction of sp³-hybridized carbons (Fsp3) is 0.385. The van der Waals surface area contributed by atoms with Crippen LogP contribution in [-0.2, 0) is 23.9 Å². The van der Waals surface area contributed by atoms with Gasteiger partial charge in [-0.1, -0.05) is 48.5 Å². The van der Waals surface area contributed by atoms with E-state index in [9.17, 15) is 24.3 Å². The third kappa shape index (κ3) is 5.29. The lowest BCUT2D eigenvalue weighted by Gasteiger charge is -2.20. The first-order chi connectivity index (χ1) is 16.8. The third-order valence-corrected chi connectivity index (χ3v) is 6.72. The molecular weight excluding hydrogens is 452 g/mol. The summed E-state index contributed by atoms with van der Waals surface area (Å²) < 4.78 is 10.0. The molecule has 2 aliphatic carbocycles. The average Bonchev–Trinajstić information content (AvgIpc) is 3.60. The highest BCUT2D eigenvalue weighted by atomic mass is 16.5. The number of carbonyl (C=O) groups is 4. The van der Waals surface area contributed by atoms with Crippen LogP contribution in [0.2, 0.25) is 0 Å². The van der Waals surface area contributed by atoms with Gasteiger partial charge in [0.2, 0.25) is 5.91 Å². The Morgan fingerprint density at radius 1 is 1.03 bits per heavy atom. The van der Waals surface area contributed by atoms with Crippen molar-refractivity contribution >= 4 is 23.9 Å². The average molecular weight is 481 g/mol. The molecule has 0 spiro atoms. The second kappa shape index (κ2) is 10.2. The molecule has 1 unspecified atom stereocenters. The summed E-state index contributed by atoms with van der Waals surface area (Å²) in [6.45, 7) is 0.201. The molecule has 2 aromatic rings. The van der Waals surface area contributed by atoms with E-state index in [1.807, 2.05) is 36.4 Å². The minimum Gasteiger partial charge on any atom is -0.480 e. The van der Waals surface area contributed by atoms with Crippen molar-refractivity contribution < 1.29 is 33.8 Å². The van der Waals surface area contributed by atoms with Gasteiger partial charge in [-0.05, 0) is 41.5 Å². The highest BCUT2D eigenvalue weighted by molar-refractivity contribution is 5.90. The Labute approximate surface area is 202 Å². The summed E-state index contributed by atoms with van der Waals surface area (Å²) in [5.41, 5.74) is 3.60. The zero-order valence-electron chi connectivity index (χ0n) is 19.4. The minimum absolute atomic E-state index is 0.0405. The number of nitrogens with one attached hydrogen (secondary N) is 2. The summed E-state index contributed by atoms with van der Waals surface area (Å²) in [6, 6.07) is 14.8. The summed E-state index contributed by atoms with van der Waals surface area (Å²) in [4.78, 5) is 48.0. The second-order valence-electron chi connectivity index (χ2n) is 8.94. The second-order valence-corrected chi connectivity index (χ2v) is 8.94. The summed E-state index contributed by atoms with van der Waals surface area (Å²) in [7, 11) is 1.21. The normalized spacial score (nSPS) is 15.8. The maximum absolute atomic E-state index is 12.7. The van der Waals surface area contributed by atoms with Gasteiger partial charge >= 0.3 is 18.0 Å². The number of carboxylic acids is 1. The zero-order valence-corrected chi connectivity index (χ0v) is 19.4. The van der Waals surface area contributed by atoms with E-state index < -0.39 is 35.4 Å². The van der Waals surface area contributed by atoms with Crippen molar-refractivity contribution in [1.29, 1.82) is 0 Å². The van der Waals surface area contributed by atoms with Gasteiger partial charge in [0.25, 0.3) is 0 Å². The molecule has 1 atom stereocenters. The summed E-state index contributed by atoms with van der Waals surface area (Å²) >= 11 is 0. The number of esters is 1. The summed E-state index contributed by atoms with van der Waals surface area (Å²) in [6.07, 6.45) is 0.200. The molecule has 2 aliphatic rings. The van der Waals surface area contributed by atoms with E-state index in [0.29, 0.717) is 12.8 Å². The predicted molar refractivity (Wildman–Crippen MR) is 126 cm³/mol. The Bertz CT molecular complexity index is 1100. The number of carboxylic acid groups (broad SMARTS) is 1. The molecule has 0 aliphatic heterocycles. The largest absolute Gasteiger partial charge is 0.480 e. The number of fused-ring (bicyclic) bond motifs is 3. The molecule has 0 radical (unpaired) electrons. The Balaban J connectivity index is 1.30. The number of carbonyl (C=O) groups excluding carboxylic acids is 3. The van der Waals surface area contributed by atoms with Gasteiger partial charge in [0.15, 0.2) is 0 Å². The monoisotopic (exact) mass is 480 g/mol. The SMILES string of the molecule is COC(=O)CCC(NC(=O)C1(CNC(=O)OCC2c3ccccc3-c3ccccc32)CC1)C(=O)O. The van der Waals surface area contributed by atoms with Crippen LogP contribution >= 0.6 is 0 Å². The molecule has 2 aromatic carbocycles. The van der Waals surface area contributed by atoms with E-state index in [1.54, 1.807) is 0 Å². The number of rotatable bonds is 10. The van der Waals surface area contributed by atoms with E-state index in [-0.39, 0.29) is 31.9 Å². The van der Waals surface area contributed by atoms with Crippen LogP contribution < -0.4 is 10.6 Å². The number of aliphatic carboxylic acids is 1. The summed E-state index contributed by atoms with van der Waals surface area (Å²) in [5, 5.41) is 14.5. The molecule has 2 amide bonds. The van der Waals surface area contributed by atoms with Crippen LogP contribution in [0.1, 0.15) is 42.7 Å². The lowest BCUT2D eigenvalue weighted by molar-refractivity contribution is -0.144. The molecule has 35 heavy (non-hydrogen) atoms. The molecule has 9 nitrogen and oxygen atoms in total. The van der Waals surface area contributed by atoms with Crippen LogP contribution in [-0.4, -0.2) is 55.3 Å². The third-order valence-electron chi connectivity index (χ3n) is 6.72. The van der Waals surface area contributed by atoms with Crippen molar-refractivity contribution in [3.8, 4) is 11.1 Å². The molecule has 0 aromatic heterocycles. The van der Waals surface area contributed by atoms with E-state index in [1.165, 1.54) is 7.11 Å². The lowest BCUT2D eigenvalue weighted by Crippen LogP contribution is -2.47. The number of benzene rings is 2. The maximum Gasteiger partial charge on any atom is 0.407 e. The number of ether oxygens (including phenoxy) is 2.